The highest BCUT2D eigenvalue weighted by atomic mass is 79.9. The number of halogens is 1. The van der Waals surface area contributed by atoms with E-state index in [1.54, 1.807) is 18.4 Å². The number of methoxy groups -OCH3 is 1. The topological polar surface area (TPSA) is 52.9 Å². The van der Waals surface area contributed by atoms with E-state index < -0.39 is 0 Å². The lowest BCUT2D eigenvalue weighted by molar-refractivity contribution is 0.175. The second-order valence-corrected chi connectivity index (χ2v) is 5.58. The van der Waals surface area contributed by atoms with E-state index in [9.17, 15) is 0 Å². The van der Waals surface area contributed by atoms with Crippen LogP contribution in [0.5, 0.6) is 5.06 Å². The zero-order valence-electron chi connectivity index (χ0n) is 9.86. The van der Waals surface area contributed by atoms with Gasteiger partial charge in [-0.15, -0.1) is 11.3 Å². The molecule has 1 aromatic heterocycles. The molecule has 0 spiro atoms. The van der Waals surface area contributed by atoms with Crippen molar-refractivity contribution in [2.75, 3.05) is 33.4 Å². The average molecular weight is 324 g/mol. The van der Waals surface area contributed by atoms with E-state index >= 15 is 0 Å². The molecule has 17 heavy (non-hydrogen) atoms. The molecule has 98 valence electrons. The van der Waals surface area contributed by atoms with E-state index in [0.717, 1.165) is 29.0 Å². The Bertz CT molecular complexity index is 333. The molecule has 0 aromatic carbocycles. The molecule has 0 amide bonds. The van der Waals surface area contributed by atoms with Gasteiger partial charge < -0.3 is 14.9 Å². The Balaban J connectivity index is 2.57. The van der Waals surface area contributed by atoms with Crippen LogP contribution in [0.25, 0.3) is 0 Å². The van der Waals surface area contributed by atoms with Crippen LogP contribution in [0.15, 0.2) is 10.5 Å². The van der Waals surface area contributed by atoms with Crippen molar-refractivity contribution in [3.63, 3.8) is 0 Å². The van der Waals surface area contributed by atoms with Crippen molar-refractivity contribution in [2.45, 2.75) is 13.0 Å². The van der Waals surface area contributed by atoms with Gasteiger partial charge in [0.15, 0.2) is 5.06 Å². The molecule has 0 saturated heterocycles. The first-order chi connectivity index (χ1) is 8.21. The number of hydrogen-bond acceptors (Lipinski definition) is 5. The van der Waals surface area contributed by atoms with Crippen molar-refractivity contribution < 1.29 is 14.9 Å². The predicted molar refractivity (Wildman–Crippen MR) is 72.6 cm³/mol. The van der Waals surface area contributed by atoms with Gasteiger partial charge in [-0.3, -0.25) is 4.90 Å². The van der Waals surface area contributed by atoms with Crippen LogP contribution >= 0.6 is 27.3 Å². The smallest absolute Gasteiger partial charge is 0.188 e. The fraction of sp³-hybridized carbons (Fsp3) is 0.636. The SMILES string of the molecule is COc1sc(CN(CCO)CCCO)cc1Br. The molecule has 0 bridgehead atoms. The number of thiophene rings is 1. The number of nitrogens with zero attached hydrogens (tertiary/aromatic N) is 1. The van der Waals surface area contributed by atoms with Crippen molar-refractivity contribution in [1.82, 2.24) is 4.90 Å². The molecule has 0 aliphatic carbocycles. The molecule has 0 unspecified atom stereocenters. The van der Waals surface area contributed by atoms with Crippen LogP contribution in [0.1, 0.15) is 11.3 Å². The Morgan fingerprint density at radius 1 is 1.35 bits per heavy atom. The van der Waals surface area contributed by atoms with E-state index in [2.05, 4.69) is 20.8 Å². The predicted octanol–water partition coefficient (Wildman–Crippen LogP) is 1.70. The molecule has 0 saturated carbocycles. The van der Waals surface area contributed by atoms with Gasteiger partial charge in [-0.1, -0.05) is 0 Å². The molecule has 0 fully saturated rings. The van der Waals surface area contributed by atoms with Crippen molar-refractivity contribution in [2.24, 2.45) is 0 Å². The molecular formula is C11H18BrNO3S. The van der Waals surface area contributed by atoms with Crippen molar-refractivity contribution in [3.8, 4) is 5.06 Å². The van der Waals surface area contributed by atoms with Crippen molar-refractivity contribution in [1.29, 1.82) is 0 Å². The van der Waals surface area contributed by atoms with Crippen LogP contribution in [0.3, 0.4) is 0 Å². The lowest BCUT2D eigenvalue weighted by Crippen LogP contribution is -2.27. The minimum atomic E-state index is 0.134. The Morgan fingerprint density at radius 2 is 2.12 bits per heavy atom. The number of aliphatic hydroxyl groups is 2. The molecule has 1 rings (SSSR count). The fourth-order valence-corrected chi connectivity index (χ4v) is 3.27. The molecule has 0 aliphatic heterocycles. The summed E-state index contributed by atoms with van der Waals surface area (Å²) in [4.78, 5) is 3.30. The zero-order valence-corrected chi connectivity index (χ0v) is 12.3. The quantitative estimate of drug-likeness (QED) is 0.764. The maximum atomic E-state index is 8.99. The lowest BCUT2D eigenvalue weighted by atomic mass is 10.3. The van der Waals surface area contributed by atoms with Crippen molar-refractivity contribution in [3.05, 3.63) is 15.4 Å². The third-order valence-corrected chi connectivity index (χ3v) is 4.25. The van der Waals surface area contributed by atoms with Gasteiger partial charge in [0.1, 0.15) is 0 Å². The maximum Gasteiger partial charge on any atom is 0.188 e. The fourth-order valence-electron chi connectivity index (χ4n) is 1.54. The highest BCUT2D eigenvalue weighted by Crippen LogP contribution is 2.35. The van der Waals surface area contributed by atoms with E-state index in [1.807, 2.05) is 6.07 Å². The molecule has 0 radical (unpaired) electrons. The first-order valence-electron chi connectivity index (χ1n) is 5.47. The number of hydrogen-bond donors (Lipinski definition) is 2. The van der Waals surface area contributed by atoms with Gasteiger partial charge in [-0.05, 0) is 28.4 Å². The van der Waals surface area contributed by atoms with Gasteiger partial charge in [0.2, 0.25) is 0 Å². The monoisotopic (exact) mass is 323 g/mol. The summed E-state index contributed by atoms with van der Waals surface area (Å²) in [5.41, 5.74) is 0. The number of rotatable bonds is 8. The summed E-state index contributed by atoms with van der Waals surface area (Å²) in [6, 6.07) is 2.03. The molecule has 1 aromatic rings. The number of aliphatic hydroxyl groups excluding tert-OH is 2. The summed E-state index contributed by atoms with van der Waals surface area (Å²) in [6.07, 6.45) is 0.726. The standard InChI is InChI=1S/C11H18BrNO3S/c1-16-11-10(12)7-9(17-11)8-13(4-6-15)3-2-5-14/h7,14-15H,2-6,8H2,1H3. The molecule has 1 heterocycles. The minimum Gasteiger partial charge on any atom is -0.486 e. The number of ether oxygens (including phenoxy) is 1. The molecular weight excluding hydrogens is 306 g/mol. The van der Waals surface area contributed by atoms with E-state index in [-0.39, 0.29) is 13.2 Å². The second-order valence-electron chi connectivity index (χ2n) is 3.63. The lowest BCUT2D eigenvalue weighted by Gasteiger charge is -2.19. The van der Waals surface area contributed by atoms with Crippen LogP contribution < -0.4 is 4.74 Å². The summed E-state index contributed by atoms with van der Waals surface area (Å²) >= 11 is 5.03. The van der Waals surface area contributed by atoms with Gasteiger partial charge >= 0.3 is 0 Å². The molecule has 2 N–H and O–H groups in total. The highest BCUT2D eigenvalue weighted by Gasteiger charge is 2.11. The van der Waals surface area contributed by atoms with Gasteiger partial charge in [0.05, 0.1) is 18.2 Å². The third kappa shape index (κ3) is 4.93. The minimum absolute atomic E-state index is 0.134. The first-order valence-corrected chi connectivity index (χ1v) is 7.08. The maximum absolute atomic E-state index is 8.99. The second kappa shape index (κ2) is 8.05. The first kappa shape index (κ1) is 14.9. The van der Waals surface area contributed by atoms with Crippen molar-refractivity contribution >= 4 is 27.3 Å². The average Bonchev–Trinajstić information content (AvgIpc) is 2.66. The molecule has 0 aliphatic rings. The van der Waals surface area contributed by atoms with Crippen LogP contribution in [0.2, 0.25) is 0 Å². The zero-order chi connectivity index (χ0) is 12.7. The van der Waals surface area contributed by atoms with Gasteiger partial charge in [-0.2, -0.15) is 0 Å². The summed E-state index contributed by atoms with van der Waals surface area (Å²) in [6.45, 7) is 2.49. The molecule has 0 atom stereocenters. The van der Waals surface area contributed by atoms with Crippen LogP contribution in [0.4, 0.5) is 0 Å². The molecule has 6 heteroatoms. The Labute approximate surface area is 114 Å². The Morgan fingerprint density at radius 3 is 2.65 bits per heavy atom. The van der Waals surface area contributed by atoms with E-state index in [4.69, 9.17) is 14.9 Å². The molecule has 4 nitrogen and oxygen atoms in total. The Hall–Kier alpha value is -0.140. The van der Waals surface area contributed by atoms with Gasteiger partial charge in [0, 0.05) is 31.1 Å². The van der Waals surface area contributed by atoms with E-state index in [0.29, 0.717) is 6.54 Å². The summed E-state index contributed by atoms with van der Waals surface area (Å²) in [7, 11) is 1.65. The highest BCUT2D eigenvalue weighted by molar-refractivity contribution is 9.10. The summed E-state index contributed by atoms with van der Waals surface area (Å²) < 4.78 is 6.18. The largest absolute Gasteiger partial charge is 0.486 e. The van der Waals surface area contributed by atoms with Crippen LogP contribution in [0, 0.1) is 0 Å². The third-order valence-electron chi connectivity index (χ3n) is 2.32. The van der Waals surface area contributed by atoms with Gasteiger partial charge in [0.25, 0.3) is 0 Å². The van der Waals surface area contributed by atoms with Crippen LogP contribution in [-0.2, 0) is 6.54 Å². The summed E-state index contributed by atoms with van der Waals surface area (Å²) in [5.74, 6) is 0. The normalized spacial score (nSPS) is 11.1. The Kier molecular flexibility index (Phi) is 7.06. The van der Waals surface area contributed by atoms with Crippen LogP contribution in [-0.4, -0.2) is 48.5 Å². The van der Waals surface area contributed by atoms with Gasteiger partial charge in [-0.25, -0.2) is 0 Å². The van der Waals surface area contributed by atoms with E-state index in [1.165, 1.54) is 4.88 Å². The summed E-state index contributed by atoms with van der Waals surface area (Å²) in [5, 5.41) is 18.7.